The fraction of sp³-hybridized carbons (Fsp3) is 0.880. The van der Waals surface area contributed by atoms with Gasteiger partial charge >= 0.3 is 5.97 Å². The molecule has 2 fully saturated rings. The molecule has 2 aliphatic rings. The summed E-state index contributed by atoms with van der Waals surface area (Å²) in [5.41, 5.74) is 0. The highest BCUT2D eigenvalue weighted by Gasteiger charge is 2.26. The van der Waals surface area contributed by atoms with E-state index < -0.39 is 0 Å². The first-order valence-corrected chi connectivity index (χ1v) is 12.1. The molecule has 2 rings (SSSR count). The van der Waals surface area contributed by atoms with Crippen molar-refractivity contribution in [3.8, 4) is 0 Å². The van der Waals surface area contributed by atoms with Gasteiger partial charge in [0.05, 0.1) is 12.5 Å². The molecule has 2 saturated carbocycles. The predicted octanol–water partition coefficient (Wildman–Crippen LogP) is 7.47. The first-order valence-electron chi connectivity index (χ1n) is 12.1. The van der Waals surface area contributed by atoms with Crippen LogP contribution < -0.4 is 0 Å². The lowest BCUT2D eigenvalue weighted by Crippen LogP contribution is -2.23. The Morgan fingerprint density at radius 1 is 0.852 bits per heavy atom. The highest BCUT2D eigenvalue weighted by molar-refractivity contribution is 5.72. The number of hydrogen-bond donors (Lipinski definition) is 0. The molecule has 0 bridgehead atoms. The first kappa shape index (κ1) is 22.5. The van der Waals surface area contributed by atoms with E-state index in [1.54, 1.807) is 0 Å². The van der Waals surface area contributed by atoms with Gasteiger partial charge in [-0.2, -0.15) is 0 Å². The Morgan fingerprint density at radius 2 is 1.52 bits per heavy atom. The van der Waals surface area contributed by atoms with Crippen molar-refractivity contribution in [2.24, 2.45) is 23.7 Å². The standard InChI is InChI=1S/C25H44O2/c1-3-5-6-9-21-12-14-22(15-13-21)10-7-8-11-23-16-18-24(19-17-23)25(26)27-20-4-2/h8,11,21-24H,3-7,9-10,12-20H2,1-2H3/b11-8+. The fourth-order valence-corrected chi connectivity index (χ4v) is 4.98. The highest BCUT2D eigenvalue weighted by Crippen LogP contribution is 2.35. The number of hydrogen-bond acceptors (Lipinski definition) is 2. The normalized spacial score (nSPS) is 29.1. The van der Waals surface area contributed by atoms with Gasteiger partial charge in [0.2, 0.25) is 0 Å². The van der Waals surface area contributed by atoms with E-state index in [0.29, 0.717) is 12.5 Å². The van der Waals surface area contributed by atoms with E-state index in [2.05, 4.69) is 19.1 Å². The van der Waals surface area contributed by atoms with Crippen molar-refractivity contribution in [1.29, 1.82) is 0 Å². The third-order valence-electron chi connectivity index (χ3n) is 6.89. The Bertz CT molecular complexity index is 412. The van der Waals surface area contributed by atoms with Gasteiger partial charge < -0.3 is 4.74 Å². The Labute approximate surface area is 168 Å². The van der Waals surface area contributed by atoms with Gasteiger partial charge in [-0.3, -0.25) is 4.79 Å². The molecule has 2 nitrogen and oxygen atoms in total. The van der Waals surface area contributed by atoms with Crippen molar-refractivity contribution in [1.82, 2.24) is 0 Å². The number of ether oxygens (including phenoxy) is 1. The molecule has 0 aliphatic heterocycles. The van der Waals surface area contributed by atoms with Crippen LogP contribution in [0.25, 0.3) is 0 Å². The number of esters is 1. The summed E-state index contributed by atoms with van der Waals surface area (Å²) in [6.45, 7) is 4.94. The Morgan fingerprint density at radius 3 is 2.15 bits per heavy atom. The zero-order valence-corrected chi connectivity index (χ0v) is 18.1. The molecule has 0 heterocycles. The second kappa shape index (κ2) is 13.4. The van der Waals surface area contributed by atoms with Gasteiger partial charge in [-0.15, -0.1) is 0 Å². The van der Waals surface area contributed by atoms with Crippen LogP contribution in [0.2, 0.25) is 0 Å². The smallest absolute Gasteiger partial charge is 0.308 e. The van der Waals surface area contributed by atoms with Crippen LogP contribution in [0.3, 0.4) is 0 Å². The van der Waals surface area contributed by atoms with Gasteiger partial charge in [0.25, 0.3) is 0 Å². The second-order valence-electron chi connectivity index (χ2n) is 9.17. The van der Waals surface area contributed by atoms with Crippen LogP contribution in [-0.4, -0.2) is 12.6 Å². The minimum Gasteiger partial charge on any atom is -0.465 e. The fourth-order valence-electron chi connectivity index (χ4n) is 4.98. The summed E-state index contributed by atoms with van der Waals surface area (Å²) in [6, 6.07) is 0. The summed E-state index contributed by atoms with van der Waals surface area (Å²) < 4.78 is 5.31. The summed E-state index contributed by atoms with van der Waals surface area (Å²) in [5, 5.41) is 0. The third-order valence-corrected chi connectivity index (χ3v) is 6.89. The summed E-state index contributed by atoms with van der Waals surface area (Å²) in [4.78, 5) is 12.0. The van der Waals surface area contributed by atoms with Gasteiger partial charge in [-0.1, -0.05) is 77.4 Å². The van der Waals surface area contributed by atoms with Crippen LogP contribution in [0.5, 0.6) is 0 Å². The molecule has 0 saturated heterocycles. The predicted molar refractivity (Wildman–Crippen MR) is 115 cm³/mol. The van der Waals surface area contributed by atoms with Crippen molar-refractivity contribution < 1.29 is 9.53 Å². The quantitative estimate of drug-likeness (QED) is 0.212. The molecule has 0 radical (unpaired) electrons. The lowest BCUT2D eigenvalue weighted by molar-refractivity contribution is -0.149. The van der Waals surface area contributed by atoms with Crippen LogP contribution >= 0.6 is 0 Å². The van der Waals surface area contributed by atoms with Gasteiger partial charge in [0.15, 0.2) is 0 Å². The molecule has 156 valence electrons. The molecule has 0 atom stereocenters. The topological polar surface area (TPSA) is 26.3 Å². The van der Waals surface area contributed by atoms with E-state index in [4.69, 9.17) is 4.74 Å². The van der Waals surface area contributed by atoms with E-state index in [1.165, 1.54) is 64.2 Å². The average molecular weight is 377 g/mol. The first-order chi connectivity index (χ1) is 13.2. The van der Waals surface area contributed by atoms with Crippen molar-refractivity contribution in [2.75, 3.05) is 6.61 Å². The number of unbranched alkanes of at least 4 members (excludes halogenated alkanes) is 2. The molecule has 0 spiro atoms. The zero-order chi connectivity index (χ0) is 19.3. The number of carbonyl (C=O) groups is 1. The number of rotatable bonds is 11. The SMILES string of the molecule is CCCCCC1CCC(CC/C=C/C2CCC(C(=O)OCCC)CC2)CC1. The molecule has 27 heavy (non-hydrogen) atoms. The van der Waals surface area contributed by atoms with Gasteiger partial charge in [0.1, 0.15) is 0 Å². The lowest BCUT2D eigenvalue weighted by Gasteiger charge is -2.28. The summed E-state index contributed by atoms with van der Waals surface area (Å²) in [5.74, 6) is 2.90. The summed E-state index contributed by atoms with van der Waals surface area (Å²) >= 11 is 0. The Hall–Kier alpha value is -0.790. The minimum absolute atomic E-state index is 0.0459. The number of carbonyl (C=O) groups excluding carboxylic acids is 1. The van der Waals surface area contributed by atoms with E-state index in [-0.39, 0.29) is 11.9 Å². The average Bonchev–Trinajstić information content (AvgIpc) is 2.71. The Kier molecular flexibility index (Phi) is 11.2. The molecular formula is C25H44O2. The van der Waals surface area contributed by atoms with Gasteiger partial charge in [-0.05, 0) is 62.7 Å². The molecule has 0 N–H and O–H groups in total. The van der Waals surface area contributed by atoms with E-state index in [0.717, 1.165) is 43.9 Å². The van der Waals surface area contributed by atoms with Crippen LogP contribution in [0.1, 0.15) is 110 Å². The molecule has 0 aromatic rings. The van der Waals surface area contributed by atoms with Gasteiger partial charge in [0, 0.05) is 0 Å². The molecule has 0 aromatic heterocycles. The van der Waals surface area contributed by atoms with Crippen LogP contribution in [0, 0.1) is 23.7 Å². The van der Waals surface area contributed by atoms with Crippen molar-refractivity contribution >= 4 is 5.97 Å². The third kappa shape index (κ3) is 8.83. The van der Waals surface area contributed by atoms with Crippen LogP contribution in [0.4, 0.5) is 0 Å². The summed E-state index contributed by atoms with van der Waals surface area (Å²) in [6.07, 6.45) is 24.4. The minimum atomic E-state index is 0.0459. The second-order valence-corrected chi connectivity index (χ2v) is 9.17. The van der Waals surface area contributed by atoms with Crippen molar-refractivity contribution in [2.45, 2.75) is 110 Å². The zero-order valence-electron chi connectivity index (χ0n) is 18.1. The largest absolute Gasteiger partial charge is 0.465 e. The van der Waals surface area contributed by atoms with E-state index in [9.17, 15) is 4.79 Å². The van der Waals surface area contributed by atoms with E-state index >= 15 is 0 Å². The summed E-state index contributed by atoms with van der Waals surface area (Å²) in [7, 11) is 0. The molecule has 2 aliphatic carbocycles. The van der Waals surface area contributed by atoms with Crippen molar-refractivity contribution in [3.05, 3.63) is 12.2 Å². The van der Waals surface area contributed by atoms with Crippen LogP contribution in [0.15, 0.2) is 12.2 Å². The maximum absolute atomic E-state index is 12.0. The Balaban J connectivity index is 1.53. The monoisotopic (exact) mass is 376 g/mol. The molecule has 0 amide bonds. The molecule has 0 unspecified atom stereocenters. The molecule has 0 aromatic carbocycles. The van der Waals surface area contributed by atoms with Crippen LogP contribution in [-0.2, 0) is 9.53 Å². The van der Waals surface area contributed by atoms with Gasteiger partial charge in [-0.25, -0.2) is 0 Å². The van der Waals surface area contributed by atoms with E-state index in [1.807, 2.05) is 6.92 Å². The number of allylic oxidation sites excluding steroid dienone is 2. The molecule has 2 heteroatoms. The maximum atomic E-state index is 12.0. The highest BCUT2D eigenvalue weighted by atomic mass is 16.5. The molecular weight excluding hydrogens is 332 g/mol. The lowest BCUT2D eigenvalue weighted by atomic mass is 9.78. The van der Waals surface area contributed by atoms with Crippen molar-refractivity contribution in [3.63, 3.8) is 0 Å². The maximum Gasteiger partial charge on any atom is 0.308 e.